The van der Waals surface area contributed by atoms with Crippen LogP contribution in [0.4, 0.5) is 0 Å². The summed E-state index contributed by atoms with van der Waals surface area (Å²) in [6.07, 6.45) is 0. The second kappa shape index (κ2) is 15.8. The topological polar surface area (TPSA) is 0 Å². The van der Waals surface area contributed by atoms with Crippen LogP contribution in [0.25, 0.3) is 0 Å². The minimum atomic E-state index is 0. The molecule has 0 heterocycles. The first-order valence-electron chi connectivity index (χ1n) is 0. The van der Waals surface area contributed by atoms with Crippen molar-refractivity contribution in [2.45, 2.75) is 0 Å². The van der Waals surface area contributed by atoms with Gasteiger partial charge in [0.05, 0.1) is 0 Å². The maximum atomic E-state index is 0. The van der Waals surface area contributed by atoms with Gasteiger partial charge in [-0.25, -0.2) is 0 Å². The van der Waals surface area contributed by atoms with Crippen molar-refractivity contribution < 1.29 is 47.5 Å². The van der Waals surface area contributed by atoms with Crippen molar-refractivity contribution in [3.8, 4) is 0 Å². The first-order chi connectivity index (χ1) is 0. The van der Waals surface area contributed by atoms with Gasteiger partial charge in [0, 0.05) is 41.7 Å². The molecule has 0 rings (SSSR count). The Bertz CT molecular complexity index is 16.0. The van der Waals surface area contributed by atoms with Gasteiger partial charge in [-0.05, 0) is 0 Å². The molecule has 0 atom stereocenters. The predicted molar refractivity (Wildman–Crippen MR) is 25.9 cm³/mol. The molecule has 4 heavy (non-hydrogen) atoms. The van der Waals surface area contributed by atoms with Crippen LogP contribution < -0.4 is 0 Å². The molecule has 0 bridgehead atoms. The Morgan fingerprint density at radius 1 is 1.25 bits per heavy atom. The fourth-order valence-electron chi connectivity index (χ4n) is 0. The Balaban J connectivity index is 0. The summed E-state index contributed by atoms with van der Waals surface area (Å²) in [4.78, 5) is 0. The second-order valence-corrected chi connectivity index (χ2v) is 0. The molecule has 0 saturated heterocycles. The monoisotopic (exact) mass is 238 g/mol. The fraction of sp³-hybridized carbons (Fsp3) is 0. The van der Waals surface area contributed by atoms with Gasteiger partial charge in [0.25, 0.3) is 0 Å². The van der Waals surface area contributed by atoms with E-state index in [9.17, 15) is 0 Å². The SMILES string of the molecule is [AlH3].[Ca+2].[Ce].[H-].[H-].[H-].[H-].[Mg+2]. The molecule has 0 N–H and O–H groups in total. The molecule has 0 amide bonds. The molecule has 0 aliphatic heterocycles. The van der Waals surface area contributed by atoms with E-state index in [4.69, 9.17) is 0 Å². The summed E-state index contributed by atoms with van der Waals surface area (Å²) in [5.41, 5.74) is 0. The van der Waals surface area contributed by atoms with Gasteiger partial charge >= 0.3 is 60.8 Å². The Labute approximate surface area is 122 Å². The fourth-order valence-corrected chi connectivity index (χ4v) is 0. The largest absolute Gasteiger partial charge is 2.00 e. The number of hydrogen-bond donors (Lipinski definition) is 0. The zero-order valence-electron chi connectivity index (χ0n) is 5.91. The maximum absolute atomic E-state index is 0. The van der Waals surface area contributed by atoms with Crippen LogP contribution in [0.2, 0.25) is 0 Å². The number of hydrogen-bond acceptors (Lipinski definition) is 0. The van der Waals surface area contributed by atoms with E-state index in [2.05, 4.69) is 0 Å². The molecule has 18 valence electrons. The molecule has 0 aliphatic carbocycles. The average molecular weight is 239 g/mol. The van der Waals surface area contributed by atoms with Crippen LogP contribution in [0.15, 0.2) is 0 Å². The van der Waals surface area contributed by atoms with Crippen LogP contribution in [0.3, 0.4) is 0 Å². The molecule has 0 fully saturated rings. The maximum Gasteiger partial charge on any atom is 2.00 e. The third-order valence-corrected chi connectivity index (χ3v) is 0. The first-order valence-corrected chi connectivity index (χ1v) is 0. The Morgan fingerprint density at radius 3 is 1.25 bits per heavy atom. The van der Waals surface area contributed by atoms with Gasteiger partial charge in [0.1, 0.15) is 0 Å². The van der Waals surface area contributed by atoms with Crippen LogP contribution in [-0.4, -0.2) is 78.2 Å². The van der Waals surface area contributed by atoms with Crippen LogP contribution in [0.1, 0.15) is 5.71 Å². The normalized spacial score (nSPS) is 0. The summed E-state index contributed by atoms with van der Waals surface area (Å²) in [7, 11) is 0. The molecule has 4 heteroatoms. The van der Waals surface area contributed by atoms with E-state index >= 15 is 0 Å². The molecule has 0 aliphatic rings. The van der Waals surface area contributed by atoms with Gasteiger partial charge in [-0.15, -0.1) is 0 Å². The van der Waals surface area contributed by atoms with E-state index in [-0.39, 0.29) is 126 Å². The summed E-state index contributed by atoms with van der Waals surface area (Å²) < 4.78 is 0. The summed E-state index contributed by atoms with van der Waals surface area (Å²) >= 11 is 0. The molecular weight excluding hydrogens is 231 g/mol. The first kappa shape index (κ1) is 24.6. The van der Waals surface area contributed by atoms with Crippen molar-refractivity contribution >= 4 is 78.2 Å². The number of rotatable bonds is 0. The summed E-state index contributed by atoms with van der Waals surface area (Å²) in [6.45, 7) is 0. The summed E-state index contributed by atoms with van der Waals surface area (Å²) in [5, 5.41) is 0. The van der Waals surface area contributed by atoms with Crippen LogP contribution in [0.5, 0.6) is 0 Å². The minimum absolute atomic E-state index is 0. The van der Waals surface area contributed by atoms with Crippen molar-refractivity contribution in [1.82, 2.24) is 0 Å². The van der Waals surface area contributed by atoms with Crippen LogP contribution in [0, 0.1) is 41.7 Å². The zero-order chi connectivity index (χ0) is 0. The van der Waals surface area contributed by atoms with E-state index in [1.165, 1.54) is 0 Å². The zero-order valence-corrected chi connectivity index (χ0v) is 8.68. The second-order valence-electron chi connectivity index (χ2n) is 0. The van der Waals surface area contributed by atoms with E-state index in [1.54, 1.807) is 0 Å². The van der Waals surface area contributed by atoms with Gasteiger partial charge in [0.2, 0.25) is 0 Å². The molecule has 0 aromatic carbocycles. The van der Waals surface area contributed by atoms with Crippen LogP contribution in [-0.2, 0) is 0 Å². The quantitative estimate of drug-likeness (QED) is 0.451. The molecule has 0 spiro atoms. The summed E-state index contributed by atoms with van der Waals surface area (Å²) in [6, 6.07) is 0. The average Bonchev–Trinajstić information content (AvgIpc) is 0. The van der Waals surface area contributed by atoms with Gasteiger partial charge in [-0.2, -0.15) is 0 Å². The van der Waals surface area contributed by atoms with Crippen molar-refractivity contribution in [1.29, 1.82) is 0 Å². The third-order valence-electron chi connectivity index (χ3n) is 0. The van der Waals surface area contributed by atoms with Gasteiger partial charge in [0.15, 0.2) is 17.4 Å². The summed E-state index contributed by atoms with van der Waals surface area (Å²) in [5.74, 6) is 0. The van der Waals surface area contributed by atoms with E-state index in [0.717, 1.165) is 0 Å². The van der Waals surface area contributed by atoms with Crippen molar-refractivity contribution in [3.63, 3.8) is 0 Å². The third kappa shape index (κ3) is 9.33. The van der Waals surface area contributed by atoms with Crippen LogP contribution >= 0.6 is 0 Å². The Morgan fingerprint density at radius 2 is 1.25 bits per heavy atom. The Kier molecular flexibility index (Phi) is 97.2. The van der Waals surface area contributed by atoms with E-state index < -0.39 is 0 Å². The Hall–Kier alpha value is 3.94. The van der Waals surface area contributed by atoms with Crippen molar-refractivity contribution in [2.24, 2.45) is 0 Å². The molecular formula is H7AlCaCeMg. The van der Waals surface area contributed by atoms with Crippen molar-refractivity contribution in [3.05, 3.63) is 0 Å². The van der Waals surface area contributed by atoms with Gasteiger partial charge < -0.3 is 5.71 Å². The van der Waals surface area contributed by atoms with Gasteiger partial charge in [-0.1, -0.05) is 0 Å². The minimum Gasteiger partial charge on any atom is -1.00 e. The van der Waals surface area contributed by atoms with E-state index in [1.807, 2.05) is 0 Å². The molecule has 0 aromatic heterocycles. The smallest absolute Gasteiger partial charge is 1.00 e. The van der Waals surface area contributed by atoms with E-state index in [0.29, 0.717) is 0 Å². The molecule has 0 saturated carbocycles. The molecule has 0 radical (unpaired) electrons. The standard InChI is InChI=1S/Al.Ca.Ce.Mg.7H/q;+2;;+2;;;;4*-1. The molecule has 0 aromatic rings. The van der Waals surface area contributed by atoms with Crippen molar-refractivity contribution in [2.75, 3.05) is 0 Å². The van der Waals surface area contributed by atoms with Gasteiger partial charge in [-0.3, -0.25) is 0 Å². The molecule has 0 nitrogen and oxygen atoms in total. The predicted octanol–water partition coefficient (Wildman–Crippen LogP) is -1.50. The molecule has 0 unspecified atom stereocenters.